The quantitative estimate of drug-likeness (QED) is 0.754. The Bertz CT molecular complexity index is 898. The van der Waals surface area contributed by atoms with E-state index >= 15 is 0 Å². The largest absolute Gasteiger partial charge is 0.322 e. The van der Waals surface area contributed by atoms with Gasteiger partial charge in [0.25, 0.3) is 5.91 Å². The number of hydrogen-bond acceptors (Lipinski definition) is 2. The smallest absolute Gasteiger partial charge is 0.257 e. The van der Waals surface area contributed by atoms with Crippen molar-refractivity contribution in [2.45, 2.75) is 20.8 Å². The highest BCUT2D eigenvalue weighted by Crippen LogP contribution is 2.23. The first kappa shape index (κ1) is 15.2. The molecule has 116 valence electrons. The zero-order valence-corrected chi connectivity index (χ0v) is 13.3. The summed E-state index contributed by atoms with van der Waals surface area (Å²) in [5, 5.41) is 3.71. The van der Waals surface area contributed by atoms with Gasteiger partial charge in [0, 0.05) is 17.3 Å². The predicted molar refractivity (Wildman–Crippen MR) is 90.3 cm³/mol. The second-order valence-corrected chi connectivity index (χ2v) is 5.81. The van der Waals surface area contributed by atoms with Gasteiger partial charge in [-0.25, -0.2) is 4.39 Å². The van der Waals surface area contributed by atoms with Gasteiger partial charge in [0.1, 0.15) is 5.82 Å². The fourth-order valence-corrected chi connectivity index (χ4v) is 2.71. The van der Waals surface area contributed by atoms with E-state index in [9.17, 15) is 9.18 Å². The number of amides is 1. The van der Waals surface area contributed by atoms with E-state index in [0.717, 1.165) is 22.1 Å². The Morgan fingerprint density at radius 1 is 1.04 bits per heavy atom. The number of halogens is 1. The number of fused-ring (bicyclic) bond motifs is 1. The Hall–Kier alpha value is -2.75. The highest BCUT2D eigenvalue weighted by Gasteiger charge is 2.14. The van der Waals surface area contributed by atoms with Crippen molar-refractivity contribution in [2.75, 3.05) is 5.32 Å². The van der Waals surface area contributed by atoms with E-state index in [-0.39, 0.29) is 11.7 Å². The number of nitrogens with one attached hydrogen (secondary N) is 1. The second-order valence-electron chi connectivity index (χ2n) is 5.81. The van der Waals surface area contributed by atoms with Crippen LogP contribution in [0.2, 0.25) is 0 Å². The van der Waals surface area contributed by atoms with E-state index in [0.29, 0.717) is 16.8 Å². The summed E-state index contributed by atoms with van der Waals surface area (Å²) in [6.45, 7) is 5.71. The molecule has 0 unspecified atom stereocenters. The molecule has 0 saturated carbocycles. The summed E-state index contributed by atoms with van der Waals surface area (Å²) < 4.78 is 13.5. The first-order valence-corrected chi connectivity index (χ1v) is 7.38. The molecule has 0 atom stereocenters. The van der Waals surface area contributed by atoms with Gasteiger partial charge in [-0.1, -0.05) is 0 Å². The van der Waals surface area contributed by atoms with Crippen LogP contribution in [0.1, 0.15) is 27.0 Å². The highest BCUT2D eigenvalue weighted by molar-refractivity contribution is 6.12. The van der Waals surface area contributed by atoms with E-state index in [1.807, 2.05) is 26.0 Å². The average molecular weight is 308 g/mol. The van der Waals surface area contributed by atoms with Gasteiger partial charge in [-0.2, -0.15) is 0 Å². The van der Waals surface area contributed by atoms with Gasteiger partial charge in [-0.15, -0.1) is 0 Å². The summed E-state index contributed by atoms with van der Waals surface area (Å²) in [5.74, 6) is -0.662. The van der Waals surface area contributed by atoms with Crippen molar-refractivity contribution in [3.8, 4) is 0 Å². The normalized spacial score (nSPS) is 10.8. The van der Waals surface area contributed by atoms with Crippen molar-refractivity contribution in [1.29, 1.82) is 0 Å². The maximum atomic E-state index is 13.5. The lowest BCUT2D eigenvalue weighted by atomic mass is 10.0. The number of anilines is 1. The van der Waals surface area contributed by atoms with Crippen LogP contribution in [0.15, 0.2) is 42.6 Å². The Labute approximate surface area is 134 Å². The minimum atomic E-state index is -0.372. The molecule has 2 aromatic carbocycles. The molecule has 0 radical (unpaired) electrons. The molecule has 4 heteroatoms. The lowest BCUT2D eigenvalue weighted by Crippen LogP contribution is -2.13. The minimum absolute atomic E-state index is 0.290. The van der Waals surface area contributed by atoms with Gasteiger partial charge >= 0.3 is 0 Å². The number of carbonyl (C=O) groups excluding carboxylic acids is 1. The highest BCUT2D eigenvalue weighted by atomic mass is 19.1. The summed E-state index contributed by atoms with van der Waals surface area (Å²) in [7, 11) is 0. The summed E-state index contributed by atoms with van der Waals surface area (Å²) in [5.41, 5.74) is 4.38. The molecular formula is C19H17FN2O. The fourth-order valence-electron chi connectivity index (χ4n) is 2.71. The second kappa shape index (κ2) is 5.80. The number of benzene rings is 2. The zero-order valence-electron chi connectivity index (χ0n) is 13.3. The minimum Gasteiger partial charge on any atom is -0.322 e. The van der Waals surface area contributed by atoms with Crippen LogP contribution in [0.25, 0.3) is 10.9 Å². The van der Waals surface area contributed by atoms with Gasteiger partial charge < -0.3 is 5.32 Å². The molecule has 0 aliphatic heterocycles. The van der Waals surface area contributed by atoms with Gasteiger partial charge in [-0.3, -0.25) is 9.78 Å². The van der Waals surface area contributed by atoms with Crippen LogP contribution in [-0.2, 0) is 0 Å². The lowest BCUT2D eigenvalue weighted by Gasteiger charge is -2.11. The fraction of sp³-hybridized carbons (Fsp3) is 0.158. The van der Waals surface area contributed by atoms with Crippen molar-refractivity contribution in [2.24, 2.45) is 0 Å². The third kappa shape index (κ3) is 3.06. The van der Waals surface area contributed by atoms with Gasteiger partial charge in [0.15, 0.2) is 0 Å². The van der Waals surface area contributed by atoms with Gasteiger partial charge in [0.05, 0.1) is 11.1 Å². The average Bonchev–Trinajstić information content (AvgIpc) is 2.46. The summed E-state index contributed by atoms with van der Waals surface area (Å²) in [6.07, 6.45) is 1.69. The van der Waals surface area contributed by atoms with Crippen LogP contribution >= 0.6 is 0 Å². The van der Waals surface area contributed by atoms with Crippen molar-refractivity contribution >= 4 is 22.5 Å². The van der Waals surface area contributed by atoms with E-state index in [2.05, 4.69) is 10.3 Å². The van der Waals surface area contributed by atoms with Crippen molar-refractivity contribution in [3.05, 3.63) is 70.7 Å². The molecule has 1 amide bonds. The van der Waals surface area contributed by atoms with E-state index in [1.54, 1.807) is 25.3 Å². The third-order valence-electron chi connectivity index (χ3n) is 3.75. The topological polar surface area (TPSA) is 42.0 Å². The SMILES string of the molecule is Cc1cc(F)cc(NC(=O)c2cc(C)cc3c(C)ccnc23)c1. The molecule has 0 aliphatic rings. The van der Waals surface area contributed by atoms with Crippen molar-refractivity contribution in [1.82, 2.24) is 4.98 Å². The molecule has 0 aliphatic carbocycles. The van der Waals surface area contributed by atoms with Crippen LogP contribution in [-0.4, -0.2) is 10.9 Å². The maximum absolute atomic E-state index is 13.5. The summed E-state index contributed by atoms with van der Waals surface area (Å²) in [4.78, 5) is 17.0. The Morgan fingerprint density at radius 2 is 1.78 bits per heavy atom. The molecule has 23 heavy (non-hydrogen) atoms. The molecular weight excluding hydrogens is 291 g/mol. The Morgan fingerprint density at radius 3 is 2.52 bits per heavy atom. The maximum Gasteiger partial charge on any atom is 0.257 e. The van der Waals surface area contributed by atoms with Crippen LogP contribution in [0, 0.1) is 26.6 Å². The number of pyridine rings is 1. The van der Waals surface area contributed by atoms with Crippen LogP contribution in [0.4, 0.5) is 10.1 Å². The number of aromatic nitrogens is 1. The molecule has 1 heterocycles. The van der Waals surface area contributed by atoms with Gasteiger partial charge in [0.2, 0.25) is 0 Å². The molecule has 3 aromatic rings. The zero-order chi connectivity index (χ0) is 16.6. The molecule has 0 saturated heterocycles. The molecule has 0 fully saturated rings. The Kier molecular flexibility index (Phi) is 3.82. The molecule has 1 N–H and O–H groups in total. The van der Waals surface area contributed by atoms with E-state index < -0.39 is 0 Å². The molecule has 0 spiro atoms. The van der Waals surface area contributed by atoms with Crippen LogP contribution in [0.5, 0.6) is 0 Å². The lowest BCUT2D eigenvalue weighted by molar-refractivity contribution is 0.102. The van der Waals surface area contributed by atoms with E-state index in [1.165, 1.54) is 12.1 Å². The molecule has 1 aromatic heterocycles. The van der Waals surface area contributed by atoms with Crippen molar-refractivity contribution < 1.29 is 9.18 Å². The van der Waals surface area contributed by atoms with Crippen molar-refractivity contribution in [3.63, 3.8) is 0 Å². The molecule has 0 bridgehead atoms. The Balaban J connectivity index is 2.06. The van der Waals surface area contributed by atoms with Crippen LogP contribution in [0.3, 0.4) is 0 Å². The summed E-state index contributed by atoms with van der Waals surface area (Å²) in [6, 6.07) is 10.2. The summed E-state index contributed by atoms with van der Waals surface area (Å²) >= 11 is 0. The predicted octanol–water partition coefficient (Wildman–Crippen LogP) is 4.55. The molecule has 3 nitrogen and oxygen atoms in total. The van der Waals surface area contributed by atoms with Gasteiger partial charge in [-0.05, 0) is 73.9 Å². The van der Waals surface area contributed by atoms with Crippen LogP contribution < -0.4 is 5.32 Å². The monoisotopic (exact) mass is 308 g/mol. The van der Waals surface area contributed by atoms with E-state index in [4.69, 9.17) is 0 Å². The number of nitrogens with zero attached hydrogens (tertiary/aromatic N) is 1. The molecule has 3 rings (SSSR count). The first-order chi connectivity index (χ1) is 10.9. The number of hydrogen-bond donors (Lipinski definition) is 1. The first-order valence-electron chi connectivity index (χ1n) is 7.38. The standard InChI is InChI=1S/C19H17FN2O/c1-11-6-14(20)10-15(7-11)22-19(23)17-9-12(2)8-16-13(3)4-5-21-18(16)17/h4-10H,1-3H3,(H,22,23). The third-order valence-corrected chi connectivity index (χ3v) is 3.75. The number of rotatable bonds is 2. The number of carbonyl (C=O) groups is 1. The number of aryl methyl sites for hydroxylation is 3.